The molecule has 0 saturated heterocycles. The lowest BCUT2D eigenvalue weighted by Gasteiger charge is -2.04. The Hall–Kier alpha value is -1.49. The van der Waals surface area contributed by atoms with Crippen molar-refractivity contribution >= 4 is 34.5 Å². The van der Waals surface area contributed by atoms with Crippen LogP contribution in [-0.4, -0.2) is 11.5 Å². The number of fused-ring (bicyclic) bond motifs is 1. The average molecular weight is 305 g/mol. The highest BCUT2D eigenvalue weighted by molar-refractivity contribution is 7.99. The summed E-state index contributed by atoms with van der Waals surface area (Å²) >= 11 is 7.69. The smallest absolute Gasteiger partial charge is 0.261 e. The van der Waals surface area contributed by atoms with Crippen molar-refractivity contribution in [3.05, 3.63) is 53.1 Å². The van der Waals surface area contributed by atoms with Crippen molar-refractivity contribution in [1.82, 2.24) is 4.98 Å². The maximum atomic E-state index is 6.23. The van der Waals surface area contributed by atoms with E-state index in [2.05, 4.69) is 4.98 Å². The molecule has 0 spiro atoms. The first kappa shape index (κ1) is 13.5. The third-order valence-electron chi connectivity index (χ3n) is 2.92. The molecule has 0 atom stereocenters. The third-order valence-corrected chi connectivity index (χ3v) is 4.11. The predicted octanol–water partition coefficient (Wildman–Crippen LogP) is 4.13. The summed E-state index contributed by atoms with van der Waals surface area (Å²) in [5.74, 6) is 0. The van der Waals surface area contributed by atoms with Crippen LogP contribution >= 0.6 is 23.4 Å². The van der Waals surface area contributed by atoms with E-state index in [-0.39, 0.29) is 0 Å². The number of halogens is 1. The maximum Gasteiger partial charge on any atom is 0.261 e. The Morgan fingerprint density at radius 3 is 2.80 bits per heavy atom. The van der Waals surface area contributed by atoms with E-state index in [4.69, 9.17) is 21.8 Å². The molecule has 0 bridgehead atoms. The summed E-state index contributed by atoms with van der Waals surface area (Å²) in [6, 6.07) is 13.6. The van der Waals surface area contributed by atoms with Crippen molar-refractivity contribution in [2.24, 2.45) is 5.73 Å². The van der Waals surface area contributed by atoms with Crippen LogP contribution in [0.3, 0.4) is 0 Å². The molecule has 3 rings (SSSR count). The number of nitrogens with zero attached hydrogens (tertiary/aromatic N) is 1. The van der Waals surface area contributed by atoms with Gasteiger partial charge in [-0.05, 0) is 54.6 Å². The van der Waals surface area contributed by atoms with Crippen LogP contribution in [0.2, 0.25) is 5.02 Å². The molecular weight excluding hydrogens is 292 g/mol. The van der Waals surface area contributed by atoms with Gasteiger partial charge in [-0.3, -0.25) is 0 Å². The predicted molar refractivity (Wildman–Crippen MR) is 82.3 cm³/mol. The van der Waals surface area contributed by atoms with E-state index in [0.29, 0.717) is 11.8 Å². The topological polar surface area (TPSA) is 52.0 Å². The van der Waals surface area contributed by atoms with E-state index in [1.165, 1.54) is 11.8 Å². The van der Waals surface area contributed by atoms with E-state index < -0.39 is 0 Å². The van der Waals surface area contributed by atoms with Crippen molar-refractivity contribution in [3.8, 4) is 0 Å². The Bertz CT molecular complexity index is 709. The molecule has 2 N–H and O–H groups in total. The number of rotatable bonds is 4. The summed E-state index contributed by atoms with van der Waals surface area (Å²) < 4.78 is 5.68. The minimum Gasteiger partial charge on any atom is -0.431 e. The van der Waals surface area contributed by atoms with Gasteiger partial charge in [0.15, 0.2) is 5.58 Å². The van der Waals surface area contributed by atoms with Crippen molar-refractivity contribution in [2.75, 3.05) is 6.54 Å². The highest BCUT2D eigenvalue weighted by Crippen LogP contribution is 2.32. The van der Waals surface area contributed by atoms with Gasteiger partial charge in [0.25, 0.3) is 5.22 Å². The lowest BCUT2D eigenvalue weighted by atomic mass is 10.1. The number of hydrogen-bond donors (Lipinski definition) is 1. The first-order valence-corrected chi connectivity index (χ1v) is 7.47. The summed E-state index contributed by atoms with van der Waals surface area (Å²) in [4.78, 5) is 5.43. The molecule has 0 aliphatic heterocycles. The van der Waals surface area contributed by atoms with Crippen molar-refractivity contribution < 1.29 is 4.42 Å². The fourth-order valence-electron chi connectivity index (χ4n) is 1.95. The summed E-state index contributed by atoms with van der Waals surface area (Å²) in [6.45, 7) is 0.595. The van der Waals surface area contributed by atoms with Gasteiger partial charge >= 0.3 is 0 Å². The van der Waals surface area contributed by atoms with E-state index in [1.54, 1.807) is 0 Å². The van der Waals surface area contributed by atoms with Gasteiger partial charge in [0.2, 0.25) is 0 Å². The van der Waals surface area contributed by atoms with Crippen molar-refractivity contribution in [2.45, 2.75) is 16.5 Å². The van der Waals surface area contributed by atoms with Gasteiger partial charge in [-0.25, -0.2) is 4.98 Å². The van der Waals surface area contributed by atoms with Crippen LogP contribution in [0.15, 0.2) is 57.0 Å². The fraction of sp³-hybridized carbons (Fsp3) is 0.133. The molecule has 2 aromatic carbocycles. The molecule has 3 aromatic rings. The number of hydrogen-bond acceptors (Lipinski definition) is 4. The lowest BCUT2D eigenvalue weighted by Crippen LogP contribution is -2.02. The molecule has 1 heterocycles. The minimum absolute atomic E-state index is 0.595. The van der Waals surface area contributed by atoms with Crippen LogP contribution < -0.4 is 5.73 Å². The summed E-state index contributed by atoms with van der Waals surface area (Å²) in [5, 5.41) is 1.35. The third kappa shape index (κ3) is 2.82. The number of oxazole rings is 1. The molecule has 0 unspecified atom stereocenters. The van der Waals surface area contributed by atoms with E-state index in [1.807, 2.05) is 42.5 Å². The first-order valence-electron chi connectivity index (χ1n) is 6.28. The Morgan fingerprint density at radius 2 is 2.05 bits per heavy atom. The molecule has 3 nitrogen and oxygen atoms in total. The molecule has 0 amide bonds. The standard InChI is InChI=1S/C15H13ClN2OS/c16-12-9-11(6-5-10(12)7-8-17)20-15-18-13-3-1-2-4-14(13)19-15/h1-6,9H,7-8,17H2. The molecule has 20 heavy (non-hydrogen) atoms. The first-order chi connectivity index (χ1) is 9.76. The van der Waals surface area contributed by atoms with E-state index in [0.717, 1.165) is 33.0 Å². The molecule has 0 saturated carbocycles. The zero-order chi connectivity index (χ0) is 13.9. The molecule has 5 heteroatoms. The SMILES string of the molecule is NCCc1ccc(Sc2nc3ccccc3o2)cc1Cl. The Kier molecular flexibility index (Phi) is 3.96. The maximum absolute atomic E-state index is 6.23. The van der Waals surface area contributed by atoms with Gasteiger partial charge in [-0.15, -0.1) is 0 Å². The van der Waals surface area contributed by atoms with Gasteiger partial charge < -0.3 is 10.2 Å². The summed E-state index contributed by atoms with van der Waals surface area (Å²) in [5.41, 5.74) is 8.27. The van der Waals surface area contributed by atoms with Gasteiger partial charge in [0.05, 0.1) is 0 Å². The molecule has 0 fully saturated rings. The zero-order valence-electron chi connectivity index (χ0n) is 10.7. The Balaban J connectivity index is 1.85. The van der Waals surface area contributed by atoms with Gasteiger partial charge in [-0.1, -0.05) is 29.8 Å². The monoisotopic (exact) mass is 304 g/mol. The summed E-state index contributed by atoms with van der Waals surface area (Å²) in [6.07, 6.45) is 0.784. The van der Waals surface area contributed by atoms with Crippen LogP contribution in [0.4, 0.5) is 0 Å². The van der Waals surface area contributed by atoms with Crippen LogP contribution in [0.25, 0.3) is 11.1 Å². The van der Waals surface area contributed by atoms with Crippen LogP contribution in [0, 0.1) is 0 Å². The second kappa shape index (κ2) is 5.87. The van der Waals surface area contributed by atoms with E-state index >= 15 is 0 Å². The van der Waals surface area contributed by atoms with Gasteiger partial charge in [0, 0.05) is 9.92 Å². The minimum atomic E-state index is 0.595. The molecular formula is C15H13ClN2OS. The quantitative estimate of drug-likeness (QED) is 0.787. The Labute approximate surface area is 126 Å². The van der Waals surface area contributed by atoms with Gasteiger partial charge in [0.1, 0.15) is 5.52 Å². The highest BCUT2D eigenvalue weighted by Gasteiger charge is 2.08. The highest BCUT2D eigenvalue weighted by atomic mass is 35.5. The average Bonchev–Trinajstić information content (AvgIpc) is 2.84. The molecule has 1 aromatic heterocycles. The number of nitrogens with two attached hydrogens (primary N) is 1. The van der Waals surface area contributed by atoms with Crippen molar-refractivity contribution in [3.63, 3.8) is 0 Å². The normalized spacial score (nSPS) is 11.1. The molecule has 102 valence electrons. The largest absolute Gasteiger partial charge is 0.431 e. The van der Waals surface area contributed by atoms with Crippen LogP contribution in [0.1, 0.15) is 5.56 Å². The number of aromatic nitrogens is 1. The van der Waals surface area contributed by atoms with Crippen LogP contribution in [-0.2, 0) is 6.42 Å². The van der Waals surface area contributed by atoms with Crippen molar-refractivity contribution in [1.29, 1.82) is 0 Å². The number of para-hydroxylation sites is 2. The Morgan fingerprint density at radius 1 is 1.20 bits per heavy atom. The van der Waals surface area contributed by atoms with E-state index in [9.17, 15) is 0 Å². The molecule has 0 aliphatic carbocycles. The fourth-order valence-corrected chi connectivity index (χ4v) is 3.07. The molecule has 0 aliphatic rings. The zero-order valence-corrected chi connectivity index (χ0v) is 12.2. The van der Waals surface area contributed by atoms with Crippen LogP contribution in [0.5, 0.6) is 0 Å². The number of benzene rings is 2. The summed E-state index contributed by atoms with van der Waals surface area (Å²) in [7, 11) is 0. The lowest BCUT2D eigenvalue weighted by molar-refractivity contribution is 0.489. The second-order valence-electron chi connectivity index (χ2n) is 4.34. The molecule has 0 radical (unpaired) electrons. The van der Waals surface area contributed by atoms with Gasteiger partial charge in [-0.2, -0.15) is 0 Å². The second-order valence-corrected chi connectivity index (χ2v) is 5.77.